The van der Waals surface area contributed by atoms with Gasteiger partial charge >= 0.3 is 0 Å². The van der Waals surface area contributed by atoms with Crippen LogP contribution in [0.4, 0.5) is 11.5 Å². The van der Waals surface area contributed by atoms with Crippen molar-refractivity contribution >= 4 is 51.6 Å². The molecule has 2 aromatic carbocycles. The largest absolute Gasteiger partial charge is 0.495 e. The van der Waals surface area contributed by atoms with Crippen LogP contribution in [-0.4, -0.2) is 60.5 Å². The highest BCUT2D eigenvalue weighted by atomic mass is 35.5. The predicted octanol–water partition coefficient (Wildman–Crippen LogP) is 5.39. The van der Waals surface area contributed by atoms with Gasteiger partial charge in [-0.2, -0.15) is 5.10 Å². The minimum atomic E-state index is -0.265. The van der Waals surface area contributed by atoms with Crippen molar-refractivity contribution in [2.75, 3.05) is 44.1 Å². The molecule has 198 valence electrons. The molecule has 1 saturated heterocycles. The molecule has 3 heterocycles. The molecule has 0 spiro atoms. The fourth-order valence-electron chi connectivity index (χ4n) is 4.61. The number of aromatic amines is 1. The maximum atomic E-state index is 13.0. The Morgan fingerprint density at radius 1 is 1.05 bits per heavy atom. The van der Waals surface area contributed by atoms with Gasteiger partial charge in [-0.1, -0.05) is 23.2 Å². The highest BCUT2D eigenvalue weighted by Gasteiger charge is 2.26. The summed E-state index contributed by atoms with van der Waals surface area (Å²) in [5, 5.41) is 14.8. The standard InChI is InChI=1S/C27H28Cl2N6O3/c1-27(2)14-35(12-11-30-27)16-7-5-15(6-8-16)26(36)32-25-17-9-10-18(31-24(17)33-34-25)21-22(28)19(37-3)13-20(38-4)23(21)29/h5-10,13,30H,11-12,14H2,1-4H3,(H2,31,32,33,34,36). The maximum Gasteiger partial charge on any atom is 0.256 e. The number of pyridine rings is 1. The molecule has 3 N–H and O–H groups in total. The first kappa shape index (κ1) is 26.1. The lowest BCUT2D eigenvalue weighted by molar-refractivity contribution is 0.102. The molecule has 1 fully saturated rings. The third-order valence-electron chi connectivity index (χ3n) is 6.55. The van der Waals surface area contributed by atoms with E-state index in [2.05, 4.69) is 44.6 Å². The second-order valence-corrected chi connectivity index (χ2v) is 10.4. The van der Waals surface area contributed by atoms with E-state index in [1.807, 2.05) is 24.3 Å². The van der Waals surface area contributed by atoms with E-state index in [9.17, 15) is 4.79 Å². The predicted molar refractivity (Wildman–Crippen MR) is 151 cm³/mol. The summed E-state index contributed by atoms with van der Waals surface area (Å²) in [5.41, 5.74) is 3.09. The lowest BCUT2D eigenvalue weighted by Gasteiger charge is -2.40. The van der Waals surface area contributed by atoms with Crippen molar-refractivity contribution in [3.63, 3.8) is 0 Å². The minimum absolute atomic E-state index is 0.0402. The number of fused-ring (bicyclic) bond motifs is 1. The number of H-pyrrole nitrogens is 1. The summed E-state index contributed by atoms with van der Waals surface area (Å²) >= 11 is 13.1. The van der Waals surface area contributed by atoms with Crippen molar-refractivity contribution in [3.8, 4) is 22.8 Å². The van der Waals surface area contributed by atoms with E-state index in [1.54, 1.807) is 18.2 Å². The van der Waals surface area contributed by atoms with Crippen LogP contribution in [0.2, 0.25) is 10.0 Å². The van der Waals surface area contributed by atoms with Crippen LogP contribution < -0.4 is 25.0 Å². The summed E-state index contributed by atoms with van der Waals surface area (Å²) in [5.74, 6) is 0.929. The van der Waals surface area contributed by atoms with Gasteiger partial charge in [-0.15, -0.1) is 0 Å². The molecular formula is C27H28Cl2N6O3. The number of carbonyl (C=O) groups is 1. The van der Waals surface area contributed by atoms with Crippen molar-refractivity contribution in [2.24, 2.45) is 0 Å². The average Bonchev–Trinajstić information content (AvgIpc) is 3.30. The van der Waals surface area contributed by atoms with Gasteiger partial charge in [0, 0.05) is 48.1 Å². The van der Waals surface area contributed by atoms with E-state index < -0.39 is 0 Å². The fourth-order valence-corrected chi connectivity index (χ4v) is 5.31. The Kier molecular flexibility index (Phi) is 7.09. The van der Waals surface area contributed by atoms with E-state index >= 15 is 0 Å². The van der Waals surface area contributed by atoms with Crippen molar-refractivity contribution in [1.82, 2.24) is 20.5 Å². The van der Waals surface area contributed by atoms with Gasteiger partial charge in [-0.3, -0.25) is 9.89 Å². The summed E-state index contributed by atoms with van der Waals surface area (Å²) in [6, 6.07) is 12.8. The molecule has 1 amide bonds. The molecule has 0 atom stereocenters. The van der Waals surface area contributed by atoms with Crippen LogP contribution in [0.25, 0.3) is 22.3 Å². The molecule has 0 bridgehead atoms. The van der Waals surface area contributed by atoms with E-state index in [-0.39, 0.29) is 11.4 Å². The van der Waals surface area contributed by atoms with Gasteiger partial charge in [0.15, 0.2) is 11.5 Å². The number of nitrogens with zero attached hydrogens (tertiary/aromatic N) is 3. The number of ether oxygens (including phenoxy) is 2. The van der Waals surface area contributed by atoms with Gasteiger partial charge in [0.25, 0.3) is 5.91 Å². The number of halogens is 2. The van der Waals surface area contributed by atoms with Crippen LogP contribution in [0.15, 0.2) is 42.5 Å². The number of hydrogen-bond donors (Lipinski definition) is 3. The first-order valence-electron chi connectivity index (χ1n) is 12.1. The van der Waals surface area contributed by atoms with Gasteiger partial charge in [0.1, 0.15) is 11.5 Å². The number of methoxy groups -OCH3 is 2. The lowest BCUT2D eigenvalue weighted by Crippen LogP contribution is -2.57. The van der Waals surface area contributed by atoms with Gasteiger partial charge < -0.3 is 25.0 Å². The van der Waals surface area contributed by atoms with Gasteiger partial charge in [0.05, 0.1) is 35.3 Å². The summed E-state index contributed by atoms with van der Waals surface area (Å²) in [6.45, 7) is 7.10. The molecule has 9 nitrogen and oxygen atoms in total. The van der Waals surface area contributed by atoms with Crippen molar-refractivity contribution < 1.29 is 14.3 Å². The second kappa shape index (κ2) is 10.3. The molecule has 1 aliphatic heterocycles. The van der Waals surface area contributed by atoms with Gasteiger partial charge in [0.2, 0.25) is 0 Å². The van der Waals surface area contributed by atoms with Crippen LogP contribution in [-0.2, 0) is 0 Å². The summed E-state index contributed by atoms with van der Waals surface area (Å²) in [7, 11) is 3.02. The fraction of sp³-hybridized carbons (Fsp3) is 0.296. The molecule has 4 aromatic rings. The number of amides is 1. The molecule has 2 aromatic heterocycles. The van der Waals surface area contributed by atoms with Crippen LogP contribution >= 0.6 is 23.2 Å². The number of nitrogens with one attached hydrogen (secondary N) is 3. The van der Waals surface area contributed by atoms with E-state index in [4.69, 9.17) is 32.7 Å². The third-order valence-corrected chi connectivity index (χ3v) is 7.30. The first-order valence-corrected chi connectivity index (χ1v) is 12.8. The van der Waals surface area contributed by atoms with E-state index in [0.717, 1.165) is 25.3 Å². The molecule has 1 aliphatic rings. The highest BCUT2D eigenvalue weighted by molar-refractivity contribution is 6.41. The molecule has 11 heteroatoms. The summed E-state index contributed by atoms with van der Waals surface area (Å²) in [4.78, 5) is 19.9. The van der Waals surface area contributed by atoms with E-state index in [0.29, 0.717) is 55.2 Å². The summed E-state index contributed by atoms with van der Waals surface area (Å²) in [6.07, 6.45) is 0. The van der Waals surface area contributed by atoms with Crippen LogP contribution in [0.3, 0.4) is 0 Å². The number of rotatable bonds is 6. The average molecular weight is 555 g/mol. The quantitative estimate of drug-likeness (QED) is 0.293. The number of hydrogen-bond acceptors (Lipinski definition) is 7. The minimum Gasteiger partial charge on any atom is -0.495 e. The Morgan fingerprint density at radius 2 is 1.74 bits per heavy atom. The number of piperazine rings is 1. The van der Waals surface area contributed by atoms with Crippen LogP contribution in [0.5, 0.6) is 11.5 Å². The normalized spacial score (nSPS) is 14.9. The molecule has 38 heavy (non-hydrogen) atoms. The zero-order chi connectivity index (χ0) is 27.0. The number of aromatic nitrogens is 3. The number of benzene rings is 2. The number of carbonyl (C=O) groups excluding carboxylic acids is 1. The molecule has 0 radical (unpaired) electrons. The zero-order valence-electron chi connectivity index (χ0n) is 21.5. The second-order valence-electron chi connectivity index (χ2n) is 9.68. The van der Waals surface area contributed by atoms with Crippen molar-refractivity contribution in [2.45, 2.75) is 19.4 Å². The van der Waals surface area contributed by atoms with Crippen LogP contribution in [0, 0.1) is 0 Å². The van der Waals surface area contributed by atoms with Crippen molar-refractivity contribution in [1.29, 1.82) is 0 Å². The van der Waals surface area contributed by atoms with Crippen molar-refractivity contribution in [3.05, 3.63) is 58.1 Å². The molecule has 0 saturated carbocycles. The SMILES string of the molecule is COc1cc(OC)c(Cl)c(-c2ccc3c(NC(=O)c4ccc(N5CCNC(C)(C)C5)cc4)n[nH]c3n2)c1Cl. The first-order chi connectivity index (χ1) is 18.2. The summed E-state index contributed by atoms with van der Waals surface area (Å²) < 4.78 is 10.7. The Labute approximate surface area is 230 Å². The molecule has 5 rings (SSSR count). The monoisotopic (exact) mass is 554 g/mol. The third kappa shape index (κ3) is 4.97. The topological polar surface area (TPSA) is 104 Å². The molecule has 0 unspecified atom stereocenters. The maximum absolute atomic E-state index is 13.0. The number of anilines is 2. The smallest absolute Gasteiger partial charge is 0.256 e. The Bertz CT molecular complexity index is 1470. The van der Waals surface area contributed by atoms with Gasteiger partial charge in [-0.05, 0) is 50.2 Å². The Hall–Kier alpha value is -3.53. The molecular weight excluding hydrogens is 527 g/mol. The van der Waals surface area contributed by atoms with E-state index in [1.165, 1.54) is 14.2 Å². The highest BCUT2D eigenvalue weighted by Crippen LogP contribution is 2.45. The molecule has 0 aliphatic carbocycles. The van der Waals surface area contributed by atoms with Crippen LogP contribution in [0.1, 0.15) is 24.2 Å². The lowest BCUT2D eigenvalue weighted by atomic mass is 10.0. The zero-order valence-corrected chi connectivity index (χ0v) is 23.0. The van der Waals surface area contributed by atoms with Gasteiger partial charge in [-0.25, -0.2) is 4.98 Å². The Morgan fingerprint density at radius 3 is 2.37 bits per heavy atom. The Balaban J connectivity index is 1.37.